The van der Waals surface area contributed by atoms with E-state index >= 15 is 0 Å². The number of nitrogens with zero attached hydrogens (tertiary/aromatic N) is 4. The molecule has 4 aromatic heterocycles. The normalized spacial score (nSPS) is 11.7. The van der Waals surface area contributed by atoms with Crippen molar-refractivity contribution in [2.45, 2.75) is 26.8 Å². The molecule has 0 fully saturated rings. The number of pyridine rings is 2. The molecule has 0 aliphatic carbocycles. The summed E-state index contributed by atoms with van der Waals surface area (Å²) in [4.78, 5) is 16.8. The molecule has 4 rings (SSSR count). The number of hydrogen-bond acceptors (Lipinski definition) is 4. The summed E-state index contributed by atoms with van der Waals surface area (Å²) in [7, 11) is 1.62. The van der Waals surface area contributed by atoms with Crippen LogP contribution in [0.2, 0.25) is 0 Å². The van der Waals surface area contributed by atoms with E-state index in [1.165, 1.54) is 0 Å². The number of nitrogens with one attached hydrogen (secondary N) is 1. The molecule has 4 aromatic rings. The van der Waals surface area contributed by atoms with Gasteiger partial charge in [-0.2, -0.15) is 4.98 Å². The minimum atomic E-state index is 0.334. The lowest BCUT2D eigenvalue weighted by Crippen LogP contribution is -2.02. The van der Waals surface area contributed by atoms with Crippen LogP contribution in [0.4, 0.5) is 0 Å². The van der Waals surface area contributed by atoms with Crippen molar-refractivity contribution >= 4 is 22.2 Å². The Balaban J connectivity index is 1.92. The molecule has 0 bridgehead atoms. The van der Waals surface area contributed by atoms with Crippen molar-refractivity contribution in [1.82, 2.24) is 24.5 Å². The van der Waals surface area contributed by atoms with Crippen LogP contribution in [0.3, 0.4) is 0 Å². The van der Waals surface area contributed by atoms with Crippen molar-refractivity contribution in [2.75, 3.05) is 7.11 Å². The second-order valence-electron chi connectivity index (χ2n) is 6.14. The summed E-state index contributed by atoms with van der Waals surface area (Å²) in [6.45, 7) is 6.33. The average molecular weight is 321 g/mol. The molecule has 0 atom stereocenters. The lowest BCUT2D eigenvalue weighted by atomic mass is 10.1. The quantitative estimate of drug-likeness (QED) is 0.622. The number of H-pyrrole nitrogens is 1. The molecule has 0 unspecified atom stereocenters. The van der Waals surface area contributed by atoms with Crippen LogP contribution in [-0.2, 0) is 0 Å². The fourth-order valence-electron chi connectivity index (χ4n) is 3.23. The SMILES string of the molecule is COc1ccc2c(-c3cnc4nc(C)n(C(C)C)c4c3)c[nH]c2n1. The van der Waals surface area contributed by atoms with Gasteiger partial charge >= 0.3 is 0 Å². The average Bonchev–Trinajstić information content (AvgIpc) is 3.13. The van der Waals surface area contributed by atoms with Gasteiger partial charge in [-0.3, -0.25) is 0 Å². The first-order valence-corrected chi connectivity index (χ1v) is 7.95. The molecule has 0 saturated carbocycles. The third-order valence-electron chi connectivity index (χ3n) is 4.27. The molecular weight excluding hydrogens is 302 g/mol. The van der Waals surface area contributed by atoms with E-state index < -0.39 is 0 Å². The highest BCUT2D eigenvalue weighted by atomic mass is 16.5. The van der Waals surface area contributed by atoms with Crippen LogP contribution in [0.25, 0.3) is 33.3 Å². The van der Waals surface area contributed by atoms with Crippen molar-refractivity contribution in [3.05, 3.63) is 36.4 Å². The maximum atomic E-state index is 5.18. The molecule has 4 heterocycles. The molecule has 0 aromatic carbocycles. The van der Waals surface area contributed by atoms with E-state index in [1.807, 2.05) is 31.5 Å². The van der Waals surface area contributed by atoms with Crippen molar-refractivity contribution in [3.63, 3.8) is 0 Å². The van der Waals surface area contributed by atoms with Crippen molar-refractivity contribution in [1.29, 1.82) is 0 Å². The monoisotopic (exact) mass is 321 g/mol. The molecule has 1 N–H and O–H groups in total. The highest BCUT2D eigenvalue weighted by Gasteiger charge is 2.14. The second-order valence-corrected chi connectivity index (χ2v) is 6.14. The Bertz CT molecular complexity index is 1040. The first-order valence-electron chi connectivity index (χ1n) is 7.95. The van der Waals surface area contributed by atoms with E-state index in [9.17, 15) is 0 Å². The Morgan fingerprint density at radius 2 is 2.04 bits per heavy atom. The third kappa shape index (κ3) is 2.14. The molecule has 6 heteroatoms. The molecule has 0 radical (unpaired) electrons. The van der Waals surface area contributed by atoms with Crippen LogP contribution >= 0.6 is 0 Å². The number of methoxy groups -OCH3 is 1. The van der Waals surface area contributed by atoms with Gasteiger partial charge in [0.15, 0.2) is 5.65 Å². The molecule has 0 saturated heterocycles. The van der Waals surface area contributed by atoms with Gasteiger partial charge in [-0.25, -0.2) is 9.97 Å². The topological polar surface area (TPSA) is 68.6 Å². The van der Waals surface area contributed by atoms with Crippen LogP contribution in [0, 0.1) is 6.92 Å². The zero-order chi connectivity index (χ0) is 16.8. The summed E-state index contributed by atoms with van der Waals surface area (Å²) < 4.78 is 7.39. The smallest absolute Gasteiger partial charge is 0.214 e. The molecule has 6 nitrogen and oxygen atoms in total. The highest BCUT2D eigenvalue weighted by molar-refractivity contribution is 5.95. The zero-order valence-corrected chi connectivity index (χ0v) is 14.2. The summed E-state index contributed by atoms with van der Waals surface area (Å²) in [5.41, 5.74) is 4.75. The van der Waals surface area contributed by atoms with Crippen molar-refractivity contribution in [3.8, 4) is 17.0 Å². The van der Waals surface area contributed by atoms with Gasteiger partial charge in [0.2, 0.25) is 5.88 Å². The Morgan fingerprint density at radius 3 is 2.79 bits per heavy atom. The fourth-order valence-corrected chi connectivity index (χ4v) is 3.23. The minimum absolute atomic E-state index is 0.334. The van der Waals surface area contributed by atoms with Gasteiger partial charge in [-0.05, 0) is 32.9 Å². The van der Waals surface area contributed by atoms with Gasteiger partial charge < -0.3 is 14.3 Å². The van der Waals surface area contributed by atoms with E-state index in [-0.39, 0.29) is 0 Å². The number of hydrogen-bond donors (Lipinski definition) is 1. The first kappa shape index (κ1) is 14.7. The van der Waals surface area contributed by atoms with E-state index in [1.54, 1.807) is 7.11 Å². The van der Waals surface area contributed by atoms with Gasteiger partial charge in [0, 0.05) is 41.0 Å². The highest BCUT2D eigenvalue weighted by Crippen LogP contribution is 2.31. The summed E-state index contributed by atoms with van der Waals surface area (Å²) >= 11 is 0. The van der Waals surface area contributed by atoms with Gasteiger partial charge in [-0.15, -0.1) is 0 Å². The molecule has 122 valence electrons. The largest absolute Gasteiger partial charge is 0.481 e. The van der Waals surface area contributed by atoms with Crippen LogP contribution in [0.15, 0.2) is 30.6 Å². The summed E-state index contributed by atoms with van der Waals surface area (Å²) in [6.07, 6.45) is 3.83. The predicted octanol–water partition coefficient (Wildman–Crippen LogP) is 3.87. The minimum Gasteiger partial charge on any atom is -0.481 e. The van der Waals surface area contributed by atoms with Gasteiger partial charge in [0.1, 0.15) is 11.5 Å². The Morgan fingerprint density at radius 1 is 1.21 bits per heavy atom. The maximum absolute atomic E-state index is 5.18. The zero-order valence-electron chi connectivity index (χ0n) is 14.2. The van der Waals surface area contributed by atoms with Crippen molar-refractivity contribution < 1.29 is 4.74 Å². The van der Waals surface area contributed by atoms with E-state index in [2.05, 4.69) is 44.4 Å². The van der Waals surface area contributed by atoms with Crippen LogP contribution < -0.4 is 4.74 Å². The predicted molar refractivity (Wildman–Crippen MR) is 94.3 cm³/mol. The van der Waals surface area contributed by atoms with Crippen LogP contribution in [0.1, 0.15) is 25.7 Å². The van der Waals surface area contributed by atoms with Gasteiger partial charge in [-0.1, -0.05) is 0 Å². The van der Waals surface area contributed by atoms with E-state index in [0.717, 1.165) is 39.1 Å². The number of ether oxygens (including phenoxy) is 1. The number of imidazole rings is 1. The number of rotatable bonds is 3. The first-order chi connectivity index (χ1) is 11.6. The van der Waals surface area contributed by atoms with Crippen LogP contribution in [-0.4, -0.2) is 31.6 Å². The second kappa shape index (κ2) is 5.33. The third-order valence-corrected chi connectivity index (χ3v) is 4.27. The van der Waals surface area contributed by atoms with Crippen molar-refractivity contribution in [2.24, 2.45) is 0 Å². The maximum Gasteiger partial charge on any atom is 0.214 e. The van der Waals surface area contributed by atoms with Gasteiger partial charge in [0.25, 0.3) is 0 Å². The van der Waals surface area contributed by atoms with E-state index in [4.69, 9.17) is 4.74 Å². The molecule has 0 aliphatic rings. The Labute approximate surface area is 139 Å². The summed E-state index contributed by atoms with van der Waals surface area (Å²) in [5, 5.41) is 1.05. The Hall–Kier alpha value is -2.89. The number of fused-ring (bicyclic) bond motifs is 2. The molecule has 0 aliphatic heterocycles. The number of aryl methyl sites for hydroxylation is 1. The van der Waals surface area contributed by atoms with Gasteiger partial charge in [0.05, 0.1) is 12.6 Å². The number of aromatic amines is 1. The summed E-state index contributed by atoms with van der Waals surface area (Å²) in [6, 6.07) is 6.37. The van der Waals surface area contributed by atoms with Crippen LogP contribution in [0.5, 0.6) is 5.88 Å². The Kier molecular flexibility index (Phi) is 3.26. The molecule has 0 amide bonds. The lowest BCUT2D eigenvalue weighted by Gasteiger charge is -2.10. The molecule has 0 spiro atoms. The standard InChI is InChI=1S/C18H19N5O/c1-10(2)23-11(3)21-18-15(23)7-12(8-19-18)14-9-20-17-13(14)5-6-16(22-17)24-4/h5-10H,1-4H3,(H,20,22). The fraction of sp³-hybridized carbons (Fsp3) is 0.278. The number of aromatic nitrogens is 5. The lowest BCUT2D eigenvalue weighted by molar-refractivity contribution is 0.399. The molecule has 24 heavy (non-hydrogen) atoms. The molecular formula is C18H19N5O. The summed E-state index contributed by atoms with van der Waals surface area (Å²) in [5.74, 6) is 1.58. The van der Waals surface area contributed by atoms with E-state index in [0.29, 0.717) is 11.9 Å².